The third kappa shape index (κ3) is 3.89. The second-order valence-corrected chi connectivity index (χ2v) is 4.71. The van der Waals surface area contributed by atoms with Crippen molar-refractivity contribution in [1.29, 1.82) is 0 Å². The zero-order valence-electron chi connectivity index (χ0n) is 10.4. The Bertz CT molecular complexity index is 707. The summed E-state index contributed by atoms with van der Waals surface area (Å²) in [7, 11) is -2.40. The van der Waals surface area contributed by atoms with E-state index in [0.717, 1.165) is 16.7 Å². The van der Waals surface area contributed by atoms with Gasteiger partial charge in [0.2, 0.25) is 0 Å². The predicted molar refractivity (Wildman–Crippen MR) is 77.4 cm³/mol. The first-order chi connectivity index (χ1) is 9.15. The summed E-state index contributed by atoms with van der Waals surface area (Å²) in [6, 6.07) is 17.1. The van der Waals surface area contributed by atoms with E-state index in [9.17, 15) is 8.42 Å². The van der Waals surface area contributed by atoms with Crippen LogP contribution < -0.4 is 0 Å². The Morgan fingerprint density at radius 2 is 1.63 bits per heavy atom. The van der Waals surface area contributed by atoms with E-state index >= 15 is 0 Å². The Hall–Kier alpha value is -2.20. The molecule has 0 heterocycles. The standard InChI is InChI=1S/C15H13NO2S/c1-12(11-13-5-3-2-4-6-13)14-7-9-15(10-8-14)16-19(17)18/h2-11H,1H3. The number of rotatable bonds is 3. The van der Waals surface area contributed by atoms with E-state index in [1.807, 2.05) is 49.4 Å². The maximum absolute atomic E-state index is 10.5. The van der Waals surface area contributed by atoms with E-state index in [1.165, 1.54) is 0 Å². The van der Waals surface area contributed by atoms with Crippen LogP contribution in [0.1, 0.15) is 18.1 Å². The van der Waals surface area contributed by atoms with E-state index in [0.29, 0.717) is 5.69 Å². The predicted octanol–water partition coefficient (Wildman–Crippen LogP) is 3.94. The van der Waals surface area contributed by atoms with Crippen molar-refractivity contribution < 1.29 is 8.42 Å². The van der Waals surface area contributed by atoms with Crippen molar-refractivity contribution in [2.45, 2.75) is 6.92 Å². The molecule has 0 unspecified atom stereocenters. The monoisotopic (exact) mass is 271 g/mol. The van der Waals surface area contributed by atoms with Gasteiger partial charge in [-0.05, 0) is 35.8 Å². The molecule has 0 fully saturated rings. The van der Waals surface area contributed by atoms with Crippen LogP contribution in [0.5, 0.6) is 0 Å². The molecule has 0 aromatic heterocycles. The summed E-state index contributed by atoms with van der Waals surface area (Å²) >= 11 is 0. The highest BCUT2D eigenvalue weighted by Crippen LogP contribution is 2.20. The van der Waals surface area contributed by atoms with Crippen LogP contribution in [-0.2, 0) is 10.5 Å². The minimum Gasteiger partial charge on any atom is -0.163 e. The third-order valence-corrected chi connectivity index (χ3v) is 3.05. The van der Waals surface area contributed by atoms with Crippen LogP contribution in [0.4, 0.5) is 5.69 Å². The van der Waals surface area contributed by atoms with Crippen molar-refractivity contribution in [3.63, 3.8) is 0 Å². The van der Waals surface area contributed by atoms with Crippen LogP contribution >= 0.6 is 0 Å². The molecule has 0 saturated carbocycles. The van der Waals surface area contributed by atoms with Gasteiger partial charge in [-0.3, -0.25) is 0 Å². The molecule has 0 aliphatic rings. The average Bonchev–Trinajstić information content (AvgIpc) is 2.40. The summed E-state index contributed by atoms with van der Waals surface area (Å²) in [5, 5.41) is 0. The van der Waals surface area contributed by atoms with Crippen molar-refractivity contribution in [3.05, 3.63) is 65.7 Å². The second-order valence-electron chi connectivity index (χ2n) is 4.09. The Kier molecular flexibility index (Phi) is 4.26. The minimum absolute atomic E-state index is 0.435. The quantitative estimate of drug-likeness (QED) is 0.794. The lowest BCUT2D eigenvalue weighted by Crippen LogP contribution is -1.79. The molecule has 3 nitrogen and oxygen atoms in total. The molecule has 0 N–H and O–H groups in total. The molecule has 0 atom stereocenters. The fraction of sp³-hybridized carbons (Fsp3) is 0.0667. The lowest BCUT2D eigenvalue weighted by molar-refractivity contribution is 0.622. The molecule has 0 bridgehead atoms. The number of nitrogens with zero attached hydrogens (tertiary/aromatic N) is 1. The summed E-state index contributed by atoms with van der Waals surface area (Å²) in [4.78, 5) is 0. The lowest BCUT2D eigenvalue weighted by Gasteiger charge is -2.02. The Labute approximate surface area is 113 Å². The van der Waals surface area contributed by atoms with Gasteiger partial charge in [0.25, 0.3) is 0 Å². The van der Waals surface area contributed by atoms with E-state index in [1.54, 1.807) is 12.1 Å². The molecule has 0 amide bonds. The van der Waals surface area contributed by atoms with Gasteiger partial charge in [-0.15, -0.1) is 4.36 Å². The SMILES string of the molecule is CC(=Cc1ccccc1)c1ccc(N=S(=O)=O)cc1. The summed E-state index contributed by atoms with van der Waals surface area (Å²) in [6.45, 7) is 2.02. The fourth-order valence-corrected chi connectivity index (χ4v) is 2.05. The van der Waals surface area contributed by atoms with Gasteiger partial charge in [0.15, 0.2) is 0 Å². The maximum Gasteiger partial charge on any atom is 0.316 e. The van der Waals surface area contributed by atoms with Crippen LogP contribution in [0.2, 0.25) is 0 Å². The first kappa shape index (κ1) is 13.2. The molecule has 0 aliphatic heterocycles. The smallest absolute Gasteiger partial charge is 0.163 e. The molecule has 0 radical (unpaired) electrons. The highest BCUT2D eigenvalue weighted by Gasteiger charge is 1.97. The second kappa shape index (κ2) is 6.11. The van der Waals surface area contributed by atoms with Crippen LogP contribution in [0.3, 0.4) is 0 Å². The molecule has 19 heavy (non-hydrogen) atoms. The summed E-state index contributed by atoms with van der Waals surface area (Å²) in [6.07, 6.45) is 2.08. The molecule has 2 aromatic rings. The molecule has 0 aliphatic carbocycles. The van der Waals surface area contributed by atoms with Crippen LogP contribution in [0.25, 0.3) is 11.6 Å². The average molecular weight is 271 g/mol. The van der Waals surface area contributed by atoms with E-state index in [-0.39, 0.29) is 0 Å². The van der Waals surface area contributed by atoms with Gasteiger partial charge in [0.1, 0.15) is 0 Å². The van der Waals surface area contributed by atoms with E-state index in [2.05, 4.69) is 10.4 Å². The topological polar surface area (TPSA) is 46.5 Å². The first-order valence-electron chi connectivity index (χ1n) is 5.80. The zero-order valence-corrected chi connectivity index (χ0v) is 11.3. The highest BCUT2D eigenvalue weighted by molar-refractivity contribution is 7.61. The molecular weight excluding hydrogens is 258 g/mol. The number of hydrogen-bond donors (Lipinski definition) is 0. The number of allylic oxidation sites excluding steroid dienone is 1. The zero-order chi connectivity index (χ0) is 13.7. The molecule has 0 saturated heterocycles. The Morgan fingerprint density at radius 1 is 1.00 bits per heavy atom. The molecule has 2 rings (SSSR count). The molecule has 0 spiro atoms. The van der Waals surface area contributed by atoms with Crippen molar-refractivity contribution in [3.8, 4) is 0 Å². The van der Waals surface area contributed by atoms with Crippen LogP contribution in [0.15, 0.2) is 59.0 Å². The van der Waals surface area contributed by atoms with Gasteiger partial charge >= 0.3 is 10.5 Å². The number of hydrogen-bond acceptors (Lipinski definition) is 3. The Balaban J connectivity index is 2.27. The summed E-state index contributed by atoms with van der Waals surface area (Å²) < 4.78 is 24.3. The van der Waals surface area contributed by atoms with Gasteiger partial charge in [-0.2, -0.15) is 8.42 Å². The molecular formula is C15H13NO2S. The Morgan fingerprint density at radius 3 is 2.21 bits per heavy atom. The summed E-state index contributed by atoms with van der Waals surface area (Å²) in [5.41, 5.74) is 3.72. The van der Waals surface area contributed by atoms with Gasteiger partial charge in [-0.25, -0.2) is 0 Å². The molecule has 96 valence electrons. The fourth-order valence-electron chi connectivity index (χ4n) is 1.75. The third-order valence-electron chi connectivity index (χ3n) is 2.69. The molecule has 2 aromatic carbocycles. The largest absolute Gasteiger partial charge is 0.316 e. The van der Waals surface area contributed by atoms with Crippen molar-refractivity contribution in [1.82, 2.24) is 0 Å². The maximum atomic E-state index is 10.5. The van der Waals surface area contributed by atoms with Gasteiger partial charge in [0.05, 0.1) is 5.69 Å². The summed E-state index contributed by atoms with van der Waals surface area (Å²) in [5.74, 6) is 0. The minimum atomic E-state index is -2.40. The number of benzene rings is 2. The van der Waals surface area contributed by atoms with Gasteiger partial charge in [0, 0.05) is 0 Å². The lowest BCUT2D eigenvalue weighted by atomic mass is 10.0. The molecule has 4 heteroatoms. The van der Waals surface area contributed by atoms with E-state index < -0.39 is 10.5 Å². The van der Waals surface area contributed by atoms with Crippen LogP contribution in [-0.4, -0.2) is 8.42 Å². The van der Waals surface area contributed by atoms with Crippen molar-refractivity contribution in [2.24, 2.45) is 4.36 Å². The van der Waals surface area contributed by atoms with E-state index in [4.69, 9.17) is 0 Å². The van der Waals surface area contributed by atoms with Crippen molar-refractivity contribution >= 4 is 27.8 Å². The first-order valence-corrected chi connectivity index (χ1v) is 6.83. The normalized spacial score (nSPS) is 11.1. The van der Waals surface area contributed by atoms with Crippen LogP contribution in [0, 0.1) is 0 Å². The van der Waals surface area contributed by atoms with Crippen molar-refractivity contribution in [2.75, 3.05) is 0 Å². The van der Waals surface area contributed by atoms with Gasteiger partial charge in [-0.1, -0.05) is 48.5 Å². The highest BCUT2D eigenvalue weighted by atomic mass is 32.2. The van der Waals surface area contributed by atoms with Gasteiger partial charge < -0.3 is 0 Å².